The van der Waals surface area contributed by atoms with E-state index in [0.29, 0.717) is 10.0 Å². The van der Waals surface area contributed by atoms with Gasteiger partial charge >= 0.3 is 0 Å². The van der Waals surface area contributed by atoms with Gasteiger partial charge < -0.3 is 5.32 Å². The van der Waals surface area contributed by atoms with E-state index >= 15 is 0 Å². The van der Waals surface area contributed by atoms with Gasteiger partial charge in [0.25, 0.3) is 0 Å². The summed E-state index contributed by atoms with van der Waals surface area (Å²) >= 11 is 12.0. The van der Waals surface area contributed by atoms with E-state index in [0.717, 1.165) is 17.9 Å². The smallest absolute Gasteiger partial charge is 0.0832 e. The Morgan fingerprint density at radius 3 is 2.58 bits per heavy atom. The minimum Gasteiger partial charge on any atom is -0.306 e. The van der Waals surface area contributed by atoms with Gasteiger partial charge in [0.05, 0.1) is 16.4 Å². The number of hydrogen-bond donors (Lipinski definition) is 1. The predicted octanol–water partition coefficient (Wildman–Crippen LogP) is 4.07. The first-order valence-electron chi connectivity index (χ1n) is 6.10. The molecule has 3 nitrogen and oxygen atoms in total. The average Bonchev–Trinajstić information content (AvgIpc) is 2.74. The van der Waals surface area contributed by atoms with Gasteiger partial charge in [0.1, 0.15) is 0 Å². The molecule has 0 aliphatic carbocycles. The van der Waals surface area contributed by atoms with Crippen LogP contribution >= 0.6 is 23.2 Å². The van der Waals surface area contributed by atoms with Gasteiger partial charge in [0, 0.05) is 23.3 Å². The van der Waals surface area contributed by atoms with Crippen molar-refractivity contribution in [3.8, 4) is 5.69 Å². The standard InChI is InChI=1S/C14H17Cl2N3/c1-14(2,3)17-9-11-6-7-19(18-11)13-5-4-10(15)8-12(13)16/h4-8,17H,9H2,1-3H3. The zero-order chi connectivity index (χ0) is 14.0. The van der Waals surface area contributed by atoms with Crippen molar-refractivity contribution in [2.45, 2.75) is 32.9 Å². The van der Waals surface area contributed by atoms with Gasteiger partial charge in [-0.3, -0.25) is 0 Å². The van der Waals surface area contributed by atoms with E-state index in [1.807, 2.05) is 18.3 Å². The molecule has 0 aliphatic heterocycles. The van der Waals surface area contributed by atoms with Crippen LogP contribution < -0.4 is 5.32 Å². The third kappa shape index (κ3) is 3.96. The van der Waals surface area contributed by atoms with Crippen LogP contribution in [-0.2, 0) is 6.54 Å². The zero-order valence-electron chi connectivity index (χ0n) is 11.2. The van der Waals surface area contributed by atoms with Crippen LogP contribution in [0.4, 0.5) is 0 Å². The summed E-state index contributed by atoms with van der Waals surface area (Å²) in [4.78, 5) is 0. The summed E-state index contributed by atoms with van der Waals surface area (Å²) in [6, 6.07) is 7.35. The molecule has 0 fully saturated rings. The van der Waals surface area contributed by atoms with Gasteiger partial charge in [0.2, 0.25) is 0 Å². The van der Waals surface area contributed by atoms with E-state index < -0.39 is 0 Å². The highest BCUT2D eigenvalue weighted by atomic mass is 35.5. The number of aromatic nitrogens is 2. The maximum absolute atomic E-state index is 6.16. The largest absolute Gasteiger partial charge is 0.306 e. The van der Waals surface area contributed by atoms with E-state index in [9.17, 15) is 0 Å². The normalized spacial score (nSPS) is 11.8. The van der Waals surface area contributed by atoms with E-state index in [2.05, 4.69) is 31.2 Å². The van der Waals surface area contributed by atoms with Gasteiger partial charge in [-0.15, -0.1) is 0 Å². The van der Waals surface area contributed by atoms with Crippen LogP contribution in [0.15, 0.2) is 30.5 Å². The molecule has 1 heterocycles. The third-order valence-corrected chi connectivity index (χ3v) is 3.14. The summed E-state index contributed by atoms with van der Waals surface area (Å²) in [6.07, 6.45) is 1.90. The SMILES string of the molecule is CC(C)(C)NCc1ccn(-c2ccc(Cl)cc2Cl)n1. The Hall–Kier alpha value is -1.03. The van der Waals surface area contributed by atoms with E-state index in [4.69, 9.17) is 23.2 Å². The van der Waals surface area contributed by atoms with Crippen LogP contribution in [0.25, 0.3) is 5.69 Å². The van der Waals surface area contributed by atoms with Crippen molar-refractivity contribution in [1.82, 2.24) is 15.1 Å². The Morgan fingerprint density at radius 2 is 1.95 bits per heavy atom. The maximum Gasteiger partial charge on any atom is 0.0832 e. The molecule has 0 bridgehead atoms. The first-order chi connectivity index (χ1) is 8.85. The number of hydrogen-bond acceptors (Lipinski definition) is 2. The van der Waals surface area contributed by atoms with Crippen molar-refractivity contribution in [1.29, 1.82) is 0 Å². The molecule has 0 unspecified atom stereocenters. The molecule has 1 N–H and O–H groups in total. The Labute approximate surface area is 123 Å². The number of nitrogens with one attached hydrogen (secondary N) is 1. The fourth-order valence-corrected chi connectivity index (χ4v) is 2.11. The minimum atomic E-state index is 0.0711. The fourth-order valence-electron chi connectivity index (χ4n) is 1.61. The lowest BCUT2D eigenvalue weighted by Crippen LogP contribution is -2.35. The molecule has 19 heavy (non-hydrogen) atoms. The van der Waals surface area contributed by atoms with Crippen LogP contribution in [0.2, 0.25) is 10.0 Å². The number of nitrogens with zero attached hydrogens (tertiary/aromatic N) is 2. The van der Waals surface area contributed by atoms with E-state index in [-0.39, 0.29) is 5.54 Å². The lowest BCUT2D eigenvalue weighted by atomic mass is 10.1. The Kier molecular flexibility index (Phi) is 4.19. The highest BCUT2D eigenvalue weighted by Crippen LogP contribution is 2.23. The molecule has 0 radical (unpaired) electrons. The average molecular weight is 298 g/mol. The van der Waals surface area contributed by atoms with Crippen molar-refractivity contribution >= 4 is 23.2 Å². The zero-order valence-corrected chi connectivity index (χ0v) is 12.8. The van der Waals surface area contributed by atoms with Gasteiger partial charge in [-0.2, -0.15) is 5.10 Å². The highest BCUT2D eigenvalue weighted by molar-refractivity contribution is 6.35. The topological polar surface area (TPSA) is 29.9 Å². The molecule has 5 heteroatoms. The molecular formula is C14H17Cl2N3. The summed E-state index contributed by atoms with van der Waals surface area (Å²) < 4.78 is 1.76. The summed E-state index contributed by atoms with van der Waals surface area (Å²) in [5.74, 6) is 0. The minimum absolute atomic E-state index is 0.0711. The molecule has 1 aromatic heterocycles. The first-order valence-corrected chi connectivity index (χ1v) is 6.86. The molecule has 102 valence electrons. The summed E-state index contributed by atoms with van der Waals surface area (Å²) in [5.41, 5.74) is 1.87. The second-order valence-electron chi connectivity index (χ2n) is 5.45. The van der Waals surface area contributed by atoms with E-state index in [1.165, 1.54) is 0 Å². The van der Waals surface area contributed by atoms with Crippen LogP contribution in [0.3, 0.4) is 0 Å². The van der Waals surface area contributed by atoms with Crippen LogP contribution in [0, 0.1) is 0 Å². The van der Waals surface area contributed by atoms with Crippen molar-refractivity contribution in [2.24, 2.45) is 0 Å². The second kappa shape index (κ2) is 5.53. The molecule has 0 spiro atoms. The Balaban J connectivity index is 2.16. The number of rotatable bonds is 3. The molecule has 2 aromatic rings. The molecule has 1 aromatic carbocycles. The Bertz CT molecular complexity index is 570. The lowest BCUT2D eigenvalue weighted by Gasteiger charge is -2.19. The molecule has 0 saturated carbocycles. The first kappa shape index (κ1) is 14.4. The second-order valence-corrected chi connectivity index (χ2v) is 6.29. The predicted molar refractivity (Wildman–Crippen MR) is 80.2 cm³/mol. The fraction of sp³-hybridized carbons (Fsp3) is 0.357. The van der Waals surface area contributed by atoms with Gasteiger partial charge in [-0.25, -0.2) is 4.68 Å². The van der Waals surface area contributed by atoms with Crippen molar-refractivity contribution < 1.29 is 0 Å². The van der Waals surface area contributed by atoms with Crippen molar-refractivity contribution in [2.75, 3.05) is 0 Å². The lowest BCUT2D eigenvalue weighted by molar-refractivity contribution is 0.420. The third-order valence-electron chi connectivity index (χ3n) is 2.60. The molecular weight excluding hydrogens is 281 g/mol. The van der Waals surface area contributed by atoms with Crippen LogP contribution in [-0.4, -0.2) is 15.3 Å². The van der Waals surface area contributed by atoms with Crippen LogP contribution in [0.5, 0.6) is 0 Å². The van der Waals surface area contributed by atoms with Gasteiger partial charge in [0.15, 0.2) is 0 Å². The van der Waals surface area contributed by atoms with Gasteiger partial charge in [-0.1, -0.05) is 23.2 Å². The summed E-state index contributed by atoms with van der Waals surface area (Å²) in [7, 11) is 0. The van der Waals surface area contributed by atoms with Gasteiger partial charge in [-0.05, 0) is 45.0 Å². The summed E-state index contributed by atoms with van der Waals surface area (Å²) in [5, 5.41) is 9.11. The maximum atomic E-state index is 6.16. The quantitative estimate of drug-likeness (QED) is 0.925. The van der Waals surface area contributed by atoms with Crippen LogP contribution in [0.1, 0.15) is 26.5 Å². The summed E-state index contributed by atoms with van der Waals surface area (Å²) in [6.45, 7) is 7.10. The molecule has 0 saturated heterocycles. The Morgan fingerprint density at radius 1 is 1.21 bits per heavy atom. The molecule has 0 atom stereocenters. The molecule has 0 amide bonds. The monoisotopic (exact) mass is 297 g/mol. The highest BCUT2D eigenvalue weighted by Gasteiger charge is 2.10. The molecule has 0 aliphatic rings. The molecule has 2 rings (SSSR count). The van der Waals surface area contributed by atoms with Crippen molar-refractivity contribution in [3.63, 3.8) is 0 Å². The van der Waals surface area contributed by atoms with E-state index in [1.54, 1.807) is 16.8 Å². The number of halogens is 2. The number of benzene rings is 1. The van der Waals surface area contributed by atoms with Crippen molar-refractivity contribution in [3.05, 3.63) is 46.2 Å².